The van der Waals surface area contributed by atoms with Crippen LogP contribution in [0.1, 0.15) is 24.2 Å². The monoisotopic (exact) mass is 471 g/mol. The second-order valence-electron chi connectivity index (χ2n) is 7.30. The van der Waals surface area contributed by atoms with E-state index in [-0.39, 0.29) is 18.3 Å². The number of benzene rings is 2. The predicted octanol–water partition coefficient (Wildman–Crippen LogP) is 3.63. The highest BCUT2D eigenvalue weighted by molar-refractivity contribution is 5.91. The number of nitrogens with two attached hydrogens (primary N) is 2. The number of hydrogen-bond acceptors (Lipinski definition) is 7. The van der Waals surface area contributed by atoms with E-state index in [2.05, 4.69) is 15.3 Å². The number of carbonyl (C=O) groups is 1. The van der Waals surface area contributed by atoms with Crippen LogP contribution in [-0.2, 0) is 17.6 Å². The predicted molar refractivity (Wildman–Crippen MR) is 133 cm³/mol. The summed E-state index contributed by atoms with van der Waals surface area (Å²) in [5.41, 5.74) is 15.3. The molecule has 0 aliphatic rings. The highest BCUT2D eigenvalue weighted by Gasteiger charge is 2.11. The number of halogens is 1. The molecule has 3 aromatic rings. The number of methoxy groups -OCH3 is 2. The minimum Gasteiger partial charge on any atom is -0.493 e. The fourth-order valence-electron chi connectivity index (χ4n) is 3.30. The molecule has 2 aromatic carbocycles. The molecule has 5 N–H and O–H groups in total. The second-order valence-corrected chi connectivity index (χ2v) is 7.30. The summed E-state index contributed by atoms with van der Waals surface area (Å²) in [5, 5.41) is 2.89. The molecule has 0 radical (unpaired) electrons. The molecular weight excluding hydrogens is 442 g/mol. The molecule has 0 saturated carbocycles. The van der Waals surface area contributed by atoms with Gasteiger partial charge >= 0.3 is 0 Å². The van der Waals surface area contributed by atoms with Gasteiger partial charge < -0.3 is 26.3 Å². The van der Waals surface area contributed by atoms with Crippen molar-refractivity contribution in [1.29, 1.82) is 0 Å². The Labute approximate surface area is 200 Å². The van der Waals surface area contributed by atoms with Gasteiger partial charge in [-0.2, -0.15) is 0 Å². The topological polar surface area (TPSA) is 125 Å². The molecule has 1 aromatic heterocycles. The summed E-state index contributed by atoms with van der Waals surface area (Å²) in [6, 6.07) is 13.3. The SMILES string of the molecule is COc1ccc(CCc2ncc(N)c(-c3cccc(NC(=O)CCCN)c3)n2)cc1OC.Cl. The van der Waals surface area contributed by atoms with E-state index in [1.54, 1.807) is 20.4 Å². The normalized spacial score (nSPS) is 10.3. The number of aromatic nitrogens is 2. The van der Waals surface area contributed by atoms with E-state index in [1.807, 2.05) is 42.5 Å². The number of nitrogens with one attached hydrogen (secondary N) is 1. The average Bonchev–Trinajstić information content (AvgIpc) is 2.82. The lowest BCUT2D eigenvalue weighted by Gasteiger charge is -2.11. The summed E-state index contributed by atoms with van der Waals surface area (Å²) >= 11 is 0. The minimum atomic E-state index is -0.0705. The minimum absolute atomic E-state index is 0. The Morgan fingerprint density at radius 1 is 1.06 bits per heavy atom. The number of hydrogen-bond donors (Lipinski definition) is 3. The molecule has 8 nitrogen and oxygen atoms in total. The largest absolute Gasteiger partial charge is 0.493 e. The van der Waals surface area contributed by atoms with Crippen molar-refractivity contribution >= 4 is 29.7 Å². The molecule has 33 heavy (non-hydrogen) atoms. The van der Waals surface area contributed by atoms with Gasteiger partial charge in [0.15, 0.2) is 11.5 Å². The van der Waals surface area contributed by atoms with E-state index in [9.17, 15) is 4.79 Å². The summed E-state index contributed by atoms with van der Waals surface area (Å²) in [4.78, 5) is 21.1. The summed E-state index contributed by atoms with van der Waals surface area (Å²) < 4.78 is 10.7. The maximum absolute atomic E-state index is 12.0. The molecule has 0 saturated heterocycles. The van der Waals surface area contributed by atoms with Crippen LogP contribution in [0.25, 0.3) is 11.3 Å². The lowest BCUT2D eigenvalue weighted by molar-refractivity contribution is -0.116. The van der Waals surface area contributed by atoms with Crippen molar-refractivity contribution in [1.82, 2.24) is 9.97 Å². The molecule has 0 bridgehead atoms. The molecular formula is C24H30ClN5O3. The van der Waals surface area contributed by atoms with Gasteiger partial charge in [0, 0.05) is 24.1 Å². The molecule has 0 aliphatic carbocycles. The third-order valence-electron chi connectivity index (χ3n) is 4.98. The van der Waals surface area contributed by atoms with E-state index < -0.39 is 0 Å². The van der Waals surface area contributed by atoms with E-state index in [4.69, 9.17) is 20.9 Å². The highest BCUT2D eigenvalue weighted by atomic mass is 35.5. The first kappa shape index (κ1) is 25.9. The van der Waals surface area contributed by atoms with Crippen molar-refractivity contribution < 1.29 is 14.3 Å². The molecule has 0 spiro atoms. The Balaban J connectivity index is 0.00000385. The van der Waals surface area contributed by atoms with Gasteiger partial charge in [-0.05, 0) is 49.2 Å². The van der Waals surface area contributed by atoms with Crippen molar-refractivity contribution in [3.8, 4) is 22.8 Å². The number of carbonyl (C=O) groups excluding carboxylic acids is 1. The average molecular weight is 472 g/mol. The third-order valence-corrected chi connectivity index (χ3v) is 4.98. The van der Waals surface area contributed by atoms with Crippen molar-refractivity contribution in [3.63, 3.8) is 0 Å². The van der Waals surface area contributed by atoms with Gasteiger partial charge in [-0.25, -0.2) is 9.97 Å². The van der Waals surface area contributed by atoms with Crippen molar-refractivity contribution in [3.05, 3.63) is 60.0 Å². The Hall–Kier alpha value is -3.36. The zero-order chi connectivity index (χ0) is 22.9. The van der Waals surface area contributed by atoms with Gasteiger partial charge in [0.1, 0.15) is 5.82 Å². The van der Waals surface area contributed by atoms with Gasteiger partial charge in [-0.3, -0.25) is 4.79 Å². The summed E-state index contributed by atoms with van der Waals surface area (Å²) in [6.45, 7) is 0.483. The van der Waals surface area contributed by atoms with E-state index in [1.165, 1.54) is 0 Å². The molecule has 0 atom stereocenters. The van der Waals surface area contributed by atoms with Crippen molar-refractivity contribution in [2.75, 3.05) is 31.8 Å². The summed E-state index contributed by atoms with van der Waals surface area (Å²) in [5.74, 6) is 1.99. The van der Waals surface area contributed by atoms with Gasteiger partial charge in [-0.1, -0.05) is 18.2 Å². The van der Waals surface area contributed by atoms with Crippen LogP contribution in [0.3, 0.4) is 0 Å². The van der Waals surface area contributed by atoms with Crippen LogP contribution >= 0.6 is 12.4 Å². The maximum atomic E-state index is 12.0. The van der Waals surface area contributed by atoms with E-state index >= 15 is 0 Å². The number of ether oxygens (including phenoxy) is 2. The van der Waals surface area contributed by atoms with Crippen LogP contribution in [0.2, 0.25) is 0 Å². The van der Waals surface area contributed by atoms with Crippen LogP contribution in [-0.4, -0.2) is 36.6 Å². The Kier molecular flexibility index (Phi) is 9.90. The first-order valence-corrected chi connectivity index (χ1v) is 10.5. The molecule has 1 heterocycles. The summed E-state index contributed by atoms with van der Waals surface area (Å²) in [6.07, 6.45) is 4.03. The lowest BCUT2D eigenvalue weighted by Crippen LogP contribution is -2.13. The van der Waals surface area contributed by atoms with E-state index in [0.717, 1.165) is 17.5 Å². The Morgan fingerprint density at radius 2 is 1.85 bits per heavy atom. The molecule has 0 aliphatic heterocycles. The van der Waals surface area contributed by atoms with Crippen molar-refractivity contribution in [2.24, 2.45) is 5.73 Å². The molecule has 176 valence electrons. The standard InChI is InChI=1S/C24H29N5O3.ClH/c1-31-20-10-8-16(13-21(20)32-2)9-11-22-27-15-19(26)24(29-22)17-5-3-6-18(14-17)28-23(30)7-4-12-25;/h3,5-6,8,10,13-15H,4,7,9,11-12,25-26H2,1-2H3,(H,28,30);1H. The van der Waals surface area contributed by atoms with E-state index in [0.29, 0.717) is 60.2 Å². The highest BCUT2D eigenvalue weighted by Crippen LogP contribution is 2.29. The summed E-state index contributed by atoms with van der Waals surface area (Å²) in [7, 11) is 3.23. The number of rotatable bonds is 10. The quantitative estimate of drug-likeness (QED) is 0.412. The van der Waals surface area contributed by atoms with Gasteiger partial charge in [0.05, 0.1) is 31.8 Å². The fourth-order valence-corrected chi connectivity index (χ4v) is 3.30. The van der Waals surface area contributed by atoms with Gasteiger partial charge in [0.25, 0.3) is 0 Å². The first-order chi connectivity index (χ1) is 15.5. The molecule has 0 fully saturated rings. The van der Waals surface area contributed by atoms with Gasteiger partial charge in [0.2, 0.25) is 5.91 Å². The number of nitrogens with zero attached hydrogens (tertiary/aromatic N) is 2. The zero-order valence-electron chi connectivity index (χ0n) is 18.8. The van der Waals surface area contributed by atoms with Crippen LogP contribution in [0, 0.1) is 0 Å². The lowest BCUT2D eigenvalue weighted by atomic mass is 10.1. The fraction of sp³-hybridized carbons (Fsp3) is 0.292. The van der Waals surface area contributed by atoms with Gasteiger partial charge in [-0.15, -0.1) is 12.4 Å². The molecule has 0 unspecified atom stereocenters. The van der Waals surface area contributed by atoms with Crippen molar-refractivity contribution in [2.45, 2.75) is 25.7 Å². The molecule has 1 amide bonds. The van der Waals surface area contributed by atoms with Crippen LogP contribution < -0.4 is 26.3 Å². The number of anilines is 2. The molecule has 9 heteroatoms. The molecule has 3 rings (SSSR count). The third kappa shape index (κ3) is 7.06. The first-order valence-electron chi connectivity index (χ1n) is 10.5. The van der Waals surface area contributed by atoms with Crippen LogP contribution in [0.15, 0.2) is 48.7 Å². The zero-order valence-corrected chi connectivity index (χ0v) is 19.7. The Bertz CT molecular complexity index is 1080. The number of nitrogen functional groups attached to an aromatic ring is 1. The smallest absolute Gasteiger partial charge is 0.224 e. The Morgan fingerprint density at radius 3 is 2.58 bits per heavy atom. The maximum Gasteiger partial charge on any atom is 0.224 e. The second kappa shape index (κ2) is 12.6. The number of aryl methyl sites for hydroxylation is 2. The van der Waals surface area contributed by atoms with Crippen LogP contribution in [0.5, 0.6) is 11.5 Å². The van der Waals surface area contributed by atoms with Crippen LogP contribution in [0.4, 0.5) is 11.4 Å². The number of amides is 1.